The van der Waals surface area contributed by atoms with Gasteiger partial charge in [0, 0.05) is 48.2 Å². The lowest BCUT2D eigenvalue weighted by Gasteiger charge is -2.09. The van der Waals surface area contributed by atoms with Crippen LogP contribution in [-0.2, 0) is 0 Å². The van der Waals surface area contributed by atoms with Crippen LogP contribution in [0.3, 0.4) is 0 Å². The summed E-state index contributed by atoms with van der Waals surface area (Å²) in [6, 6.07) is 6.35. The summed E-state index contributed by atoms with van der Waals surface area (Å²) in [4.78, 5) is 22.1. The van der Waals surface area contributed by atoms with Crippen molar-refractivity contribution in [2.24, 2.45) is 10.1 Å². The quantitative estimate of drug-likeness (QED) is 0.556. The Morgan fingerprint density at radius 1 is 1.17 bits per heavy atom. The summed E-state index contributed by atoms with van der Waals surface area (Å²) in [6.45, 7) is 4.86. The molecule has 4 aromatic heterocycles. The first-order chi connectivity index (χ1) is 14.7. The van der Waals surface area contributed by atoms with Crippen molar-refractivity contribution >= 4 is 22.8 Å². The van der Waals surface area contributed by atoms with E-state index in [1.807, 2.05) is 42.4 Å². The first kappa shape index (κ1) is 17.1. The van der Waals surface area contributed by atoms with E-state index in [2.05, 4.69) is 44.5 Å². The van der Waals surface area contributed by atoms with Crippen LogP contribution in [0.15, 0.2) is 53.2 Å². The normalized spacial score (nSPS) is 19.9. The molecule has 0 fully saturated rings. The van der Waals surface area contributed by atoms with E-state index < -0.39 is 0 Å². The van der Waals surface area contributed by atoms with Gasteiger partial charge in [-0.3, -0.25) is 14.5 Å². The fourth-order valence-corrected chi connectivity index (χ4v) is 4.22. The number of hydrogen-bond acceptors (Lipinski definition) is 6. The molecule has 30 heavy (non-hydrogen) atoms. The van der Waals surface area contributed by atoms with Crippen LogP contribution >= 0.6 is 0 Å². The van der Waals surface area contributed by atoms with Crippen molar-refractivity contribution in [3.63, 3.8) is 0 Å². The van der Waals surface area contributed by atoms with Crippen LogP contribution in [-0.4, -0.2) is 43.0 Å². The Kier molecular flexibility index (Phi) is 3.61. The standard InChI is InChI=1S/C22H20N8/c1-12-10-30(11-25-12)22-16-6-19(29-18(16)3-4-23-22)21-17-5-14(15-8-26-27-9-15)7-24-20(17)13(2)28-21/h3-8,10-11,13,15,27,29H,9H2,1-2H3/t13-,15?/m0/s1. The van der Waals surface area contributed by atoms with Gasteiger partial charge in [0.05, 0.1) is 34.4 Å². The maximum atomic E-state index is 4.93. The molecule has 0 radical (unpaired) electrons. The molecule has 1 unspecified atom stereocenters. The molecule has 2 N–H and O–H groups in total. The number of nitrogens with one attached hydrogen (secondary N) is 2. The lowest BCUT2D eigenvalue weighted by molar-refractivity contribution is 0.757. The summed E-state index contributed by atoms with van der Waals surface area (Å²) in [5.41, 5.74) is 10.2. The third kappa shape index (κ3) is 2.57. The summed E-state index contributed by atoms with van der Waals surface area (Å²) in [5.74, 6) is 1.09. The van der Waals surface area contributed by atoms with Crippen molar-refractivity contribution < 1.29 is 0 Å². The van der Waals surface area contributed by atoms with Gasteiger partial charge in [-0.05, 0) is 37.6 Å². The molecule has 2 atom stereocenters. The van der Waals surface area contributed by atoms with E-state index in [4.69, 9.17) is 9.98 Å². The number of aromatic nitrogens is 5. The SMILES string of the molecule is Cc1cn(-c2nccc3[nH]c(C4=N[C@@H](C)c5ncc(C6C=NNC6)cc54)cc23)cn1. The highest BCUT2D eigenvalue weighted by Gasteiger charge is 2.27. The minimum atomic E-state index is 0.0275. The fourth-order valence-electron chi connectivity index (χ4n) is 4.22. The number of aryl methyl sites for hydroxylation is 1. The van der Waals surface area contributed by atoms with Crippen LogP contribution in [0, 0.1) is 6.92 Å². The van der Waals surface area contributed by atoms with E-state index in [9.17, 15) is 0 Å². The molecule has 4 aromatic rings. The van der Waals surface area contributed by atoms with Crippen LogP contribution in [0.25, 0.3) is 16.7 Å². The molecular formula is C22H20N8. The molecule has 2 aliphatic heterocycles. The Morgan fingerprint density at radius 2 is 2.10 bits per heavy atom. The summed E-state index contributed by atoms with van der Waals surface area (Å²) in [6.07, 6.45) is 9.47. The van der Waals surface area contributed by atoms with Gasteiger partial charge in [0.25, 0.3) is 0 Å². The zero-order chi connectivity index (χ0) is 20.2. The molecule has 6 rings (SSSR count). The first-order valence-electron chi connectivity index (χ1n) is 10.0. The van der Waals surface area contributed by atoms with Crippen molar-refractivity contribution in [1.29, 1.82) is 0 Å². The van der Waals surface area contributed by atoms with Crippen molar-refractivity contribution in [2.45, 2.75) is 25.8 Å². The highest BCUT2D eigenvalue weighted by atomic mass is 15.3. The number of aromatic amines is 1. The van der Waals surface area contributed by atoms with E-state index in [0.29, 0.717) is 0 Å². The molecule has 8 heteroatoms. The lowest BCUT2D eigenvalue weighted by Crippen LogP contribution is -2.11. The van der Waals surface area contributed by atoms with Crippen LogP contribution in [0.5, 0.6) is 0 Å². The fraction of sp³-hybridized carbons (Fsp3) is 0.227. The Hall–Kier alpha value is -3.81. The van der Waals surface area contributed by atoms with Gasteiger partial charge in [-0.15, -0.1) is 0 Å². The number of hydrazone groups is 1. The van der Waals surface area contributed by atoms with Gasteiger partial charge < -0.3 is 10.4 Å². The number of pyridine rings is 2. The van der Waals surface area contributed by atoms with E-state index in [1.54, 1.807) is 6.33 Å². The molecule has 8 nitrogen and oxygen atoms in total. The minimum Gasteiger partial charge on any atom is -0.353 e. The Bertz CT molecular complexity index is 1340. The molecule has 148 valence electrons. The molecule has 0 saturated heterocycles. The number of hydrogen-bond donors (Lipinski definition) is 2. The second-order valence-electron chi connectivity index (χ2n) is 7.80. The number of rotatable bonds is 3. The van der Waals surface area contributed by atoms with Gasteiger partial charge in [0.2, 0.25) is 0 Å². The van der Waals surface area contributed by atoms with E-state index in [1.165, 1.54) is 0 Å². The lowest BCUT2D eigenvalue weighted by atomic mass is 9.97. The topological polar surface area (TPSA) is 96.1 Å². The Labute approximate surface area is 172 Å². The molecular weight excluding hydrogens is 376 g/mol. The molecule has 0 amide bonds. The number of fused-ring (bicyclic) bond motifs is 2. The average molecular weight is 396 g/mol. The average Bonchev–Trinajstić information content (AvgIpc) is 3.54. The van der Waals surface area contributed by atoms with Gasteiger partial charge in [-0.25, -0.2) is 9.97 Å². The smallest absolute Gasteiger partial charge is 0.147 e. The Balaban J connectivity index is 1.47. The molecule has 2 aliphatic rings. The summed E-state index contributed by atoms with van der Waals surface area (Å²) in [5, 5.41) is 5.17. The van der Waals surface area contributed by atoms with Crippen LogP contribution in [0.2, 0.25) is 0 Å². The predicted molar refractivity (Wildman–Crippen MR) is 115 cm³/mol. The van der Waals surface area contributed by atoms with Crippen LogP contribution in [0.1, 0.15) is 47.1 Å². The maximum absolute atomic E-state index is 4.93. The number of H-pyrrole nitrogens is 1. The second kappa shape index (κ2) is 6.35. The van der Waals surface area contributed by atoms with E-state index in [-0.39, 0.29) is 12.0 Å². The van der Waals surface area contributed by atoms with E-state index in [0.717, 1.165) is 57.2 Å². The minimum absolute atomic E-state index is 0.0275. The summed E-state index contributed by atoms with van der Waals surface area (Å²) < 4.78 is 1.95. The van der Waals surface area contributed by atoms with Crippen molar-refractivity contribution in [2.75, 3.05) is 6.54 Å². The van der Waals surface area contributed by atoms with Gasteiger partial charge in [0.15, 0.2) is 0 Å². The van der Waals surface area contributed by atoms with Gasteiger partial charge >= 0.3 is 0 Å². The summed E-state index contributed by atoms with van der Waals surface area (Å²) >= 11 is 0. The van der Waals surface area contributed by atoms with Crippen molar-refractivity contribution in [3.8, 4) is 5.82 Å². The zero-order valence-electron chi connectivity index (χ0n) is 16.7. The number of nitrogens with zero attached hydrogens (tertiary/aromatic N) is 6. The largest absolute Gasteiger partial charge is 0.353 e. The molecule has 6 heterocycles. The highest BCUT2D eigenvalue weighted by Crippen LogP contribution is 2.33. The number of aliphatic imine (C=N–C) groups is 1. The third-order valence-corrected chi connectivity index (χ3v) is 5.74. The van der Waals surface area contributed by atoms with E-state index >= 15 is 0 Å². The Morgan fingerprint density at radius 3 is 2.90 bits per heavy atom. The molecule has 0 bridgehead atoms. The van der Waals surface area contributed by atoms with Gasteiger partial charge in [-0.2, -0.15) is 5.10 Å². The molecule has 0 spiro atoms. The third-order valence-electron chi connectivity index (χ3n) is 5.74. The van der Waals surface area contributed by atoms with Crippen molar-refractivity contribution in [1.82, 2.24) is 29.9 Å². The van der Waals surface area contributed by atoms with Gasteiger partial charge in [0.1, 0.15) is 12.1 Å². The van der Waals surface area contributed by atoms with Gasteiger partial charge in [-0.1, -0.05) is 0 Å². The summed E-state index contributed by atoms with van der Waals surface area (Å²) in [7, 11) is 0. The second-order valence-corrected chi connectivity index (χ2v) is 7.80. The molecule has 0 saturated carbocycles. The highest BCUT2D eigenvalue weighted by molar-refractivity contribution is 6.16. The first-order valence-corrected chi connectivity index (χ1v) is 10.0. The zero-order valence-corrected chi connectivity index (χ0v) is 16.7. The van der Waals surface area contributed by atoms with Crippen molar-refractivity contribution in [3.05, 3.63) is 71.3 Å². The molecule has 0 aliphatic carbocycles. The molecule has 0 aromatic carbocycles. The maximum Gasteiger partial charge on any atom is 0.147 e. The predicted octanol–water partition coefficient (Wildman–Crippen LogP) is 3.04. The number of imidazole rings is 1. The monoisotopic (exact) mass is 396 g/mol. The van der Waals surface area contributed by atoms with Crippen LogP contribution in [0.4, 0.5) is 0 Å². The van der Waals surface area contributed by atoms with Crippen LogP contribution < -0.4 is 5.43 Å².